The summed E-state index contributed by atoms with van der Waals surface area (Å²) in [7, 11) is 4.19. The van der Waals surface area contributed by atoms with Gasteiger partial charge in [0, 0.05) is 6.07 Å². The Morgan fingerprint density at radius 1 is 1.04 bits per heavy atom. The maximum absolute atomic E-state index is 14.1. The van der Waals surface area contributed by atoms with Crippen molar-refractivity contribution in [3.63, 3.8) is 0 Å². The van der Waals surface area contributed by atoms with Crippen molar-refractivity contribution in [1.29, 1.82) is 0 Å². The van der Waals surface area contributed by atoms with E-state index in [0.717, 1.165) is 31.4 Å². The predicted octanol–water partition coefficient (Wildman–Crippen LogP) is 5.45. The number of nitrogens with zero attached hydrogens (tertiary/aromatic N) is 1. The second kappa shape index (κ2) is 9.72. The summed E-state index contributed by atoms with van der Waals surface area (Å²) in [6.45, 7) is 7.10. The number of rotatable bonds is 9. The number of benzene rings is 2. The Balaban J connectivity index is 2.26. The van der Waals surface area contributed by atoms with Crippen molar-refractivity contribution in [3.05, 3.63) is 65.0 Å². The summed E-state index contributed by atoms with van der Waals surface area (Å²) in [5.74, 6) is 0.744. The first kappa shape index (κ1) is 20.4. The normalized spacial score (nSPS) is 12.6. The molecule has 26 heavy (non-hydrogen) atoms. The fourth-order valence-electron chi connectivity index (χ4n) is 3.23. The van der Waals surface area contributed by atoms with Crippen LogP contribution in [0.25, 0.3) is 0 Å². The molecule has 0 N–H and O–H groups in total. The minimum absolute atomic E-state index is 0.0374. The van der Waals surface area contributed by atoms with E-state index in [1.807, 2.05) is 19.9 Å². The van der Waals surface area contributed by atoms with Crippen LogP contribution in [0.2, 0.25) is 0 Å². The zero-order valence-electron chi connectivity index (χ0n) is 16.8. The van der Waals surface area contributed by atoms with Gasteiger partial charge in [-0.15, -0.1) is 0 Å². The predicted molar refractivity (Wildman–Crippen MR) is 108 cm³/mol. The van der Waals surface area contributed by atoms with Crippen LogP contribution in [-0.2, 0) is 12.8 Å². The van der Waals surface area contributed by atoms with Gasteiger partial charge in [-0.2, -0.15) is 0 Å². The molecule has 0 fully saturated rings. The molecule has 3 heteroatoms. The Morgan fingerprint density at radius 2 is 1.81 bits per heavy atom. The molecule has 1 atom stereocenters. The Morgan fingerprint density at radius 3 is 2.46 bits per heavy atom. The molecule has 142 valence electrons. The van der Waals surface area contributed by atoms with E-state index < -0.39 is 0 Å². The maximum Gasteiger partial charge on any atom is 0.127 e. The molecule has 0 amide bonds. The SMILES string of the molecule is CCc1cccc(C(CCN(C)C)Cc2cc(F)cc(OC(C)C)c2)c1. The molecule has 0 saturated heterocycles. The number of hydrogen-bond donors (Lipinski definition) is 0. The summed E-state index contributed by atoms with van der Waals surface area (Å²) in [6.07, 6.45) is 2.92. The summed E-state index contributed by atoms with van der Waals surface area (Å²) in [5, 5.41) is 0. The zero-order chi connectivity index (χ0) is 19.1. The topological polar surface area (TPSA) is 12.5 Å². The summed E-state index contributed by atoms with van der Waals surface area (Å²) < 4.78 is 19.8. The van der Waals surface area contributed by atoms with Crippen LogP contribution in [0.3, 0.4) is 0 Å². The highest BCUT2D eigenvalue weighted by Gasteiger charge is 2.15. The third-order valence-electron chi connectivity index (χ3n) is 4.54. The van der Waals surface area contributed by atoms with Gasteiger partial charge in [-0.1, -0.05) is 31.2 Å². The van der Waals surface area contributed by atoms with E-state index in [4.69, 9.17) is 4.74 Å². The largest absolute Gasteiger partial charge is 0.491 e. The Bertz CT molecular complexity index is 696. The lowest BCUT2D eigenvalue weighted by atomic mass is 9.88. The van der Waals surface area contributed by atoms with Crippen LogP contribution in [-0.4, -0.2) is 31.6 Å². The highest BCUT2D eigenvalue weighted by atomic mass is 19.1. The molecule has 2 aromatic rings. The lowest BCUT2D eigenvalue weighted by Gasteiger charge is -2.21. The fourth-order valence-corrected chi connectivity index (χ4v) is 3.23. The van der Waals surface area contributed by atoms with E-state index in [1.165, 1.54) is 17.2 Å². The van der Waals surface area contributed by atoms with Crippen LogP contribution in [0.4, 0.5) is 4.39 Å². The third-order valence-corrected chi connectivity index (χ3v) is 4.54. The molecule has 2 aromatic carbocycles. The molecule has 0 aliphatic carbocycles. The van der Waals surface area contributed by atoms with Crippen molar-refractivity contribution in [2.75, 3.05) is 20.6 Å². The Labute approximate surface area is 158 Å². The van der Waals surface area contributed by atoms with E-state index in [1.54, 1.807) is 6.07 Å². The lowest BCUT2D eigenvalue weighted by Crippen LogP contribution is -2.17. The molecule has 0 spiro atoms. The van der Waals surface area contributed by atoms with Gasteiger partial charge in [-0.3, -0.25) is 0 Å². The molecule has 0 aliphatic rings. The van der Waals surface area contributed by atoms with Crippen LogP contribution in [0.1, 0.15) is 49.8 Å². The number of halogens is 1. The second-order valence-electron chi connectivity index (χ2n) is 7.55. The minimum atomic E-state index is -0.230. The van der Waals surface area contributed by atoms with Crippen molar-refractivity contribution >= 4 is 0 Å². The lowest BCUT2D eigenvalue weighted by molar-refractivity contribution is 0.241. The average molecular weight is 358 g/mol. The molecule has 0 heterocycles. The van der Waals surface area contributed by atoms with Gasteiger partial charge < -0.3 is 9.64 Å². The standard InChI is InChI=1S/C23H32FNO/c1-6-18-8-7-9-20(12-18)21(10-11-25(4)5)13-19-14-22(24)16-23(15-19)26-17(2)3/h7-9,12,14-17,21H,6,10-11,13H2,1-5H3. The van der Waals surface area contributed by atoms with Crippen LogP contribution in [0, 0.1) is 5.82 Å². The van der Waals surface area contributed by atoms with Gasteiger partial charge in [0.25, 0.3) is 0 Å². The van der Waals surface area contributed by atoms with Gasteiger partial charge in [0.15, 0.2) is 0 Å². The van der Waals surface area contributed by atoms with Crippen LogP contribution >= 0.6 is 0 Å². The number of aryl methyl sites for hydroxylation is 1. The number of hydrogen-bond acceptors (Lipinski definition) is 2. The van der Waals surface area contributed by atoms with E-state index in [2.05, 4.69) is 50.2 Å². The molecular weight excluding hydrogens is 325 g/mol. The monoisotopic (exact) mass is 357 g/mol. The molecule has 0 radical (unpaired) electrons. The molecule has 1 unspecified atom stereocenters. The molecule has 0 saturated carbocycles. The zero-order valence-corrected chi connectivity index (χ0v) is 16.8. The highest BCUT2D eigenvalue weighted by Crippen LogP contribution is 2.28. The van der Waals surface area contributed by atoms with Gasteiger partial charge in [0.1, 0.15) is 11.6 Å². The molecule has 2 nitrogen and oxygen atoms in total. The van der Waals surface area contributed by atoms with E-state index >= 15 is 0 Å². The van der Waals surface area contributed by atoms with Crippen molar-refractivity contribution in [2.45, 2.75) is 52.1 Å². The summed E-state index contributed by atoms with van der Waals surface area (Å²) in [6, 6.07) is 13.9. The third kappa shape index (κ3) is 6.45. The molecular formula is C23H32FNO. The summed E-state index contributed by atoms with van der Waals surface area (Å²) in [4.78, 5) is 2.20. The Hall–Kier alpha value is -1.87. The smallest absolute Gasteiger partial charge is 0.127 e. The molecule has 2 rings (SSSR count). The first-order valence-electron chi connectivity index (χ1n) is 9.57. The van der Waals surface area contributed by atoms with Crippen molar-refractivity contribution < 1.29 is 9.13 Å². The molecule has 0 bridgehead atoms. The van der Waals surface area contributed by atoms with Gasteiger partial charge in [-0.25, -0.2) is 4.39 Å². The first-order valence-corrected chi connectivity index (χ1v) is 9.57. The van der Waals surface area contributed by atoms with E-state index in [0.29, 0.717) is 11.7 Å². The maximum atomic E-state index is 14.1. The van der Waals surface area contributed by atoms with Crippen LogP contribution in [0.5, 0.6) is 5.75 Å². The first-order chi connectivity index (χ1) is 12.4. The van der Waals surface area contributed by atoms with Crippen LogP contribution < -0.4 is 4.74 Å². The highest BCUT2D eigenvalue weighted by molar-refractivity contribution is 5.33. The van der Waals surface area contributed by atoms with E-state index in [-0.39, 0.29) is 11.9 Å². The van der Waals surface area contributed by atoms with E-state index in [9.17, 15) is 4.39 Å². The quantitative estimate of drug-likeness (QED) is 0.591. The fraction of sp³-hybridized carbons (Fsp3) is 0.478. The second-order valence-corrected chi connectivity index (χ2v) is 7.55. The van der Waals surface area contributed by atoms with Crippen molar-refractivity contribution in [3.8, 4) is 5.75 Å². The van der Waals surface area contributed by atoms with Gasteiger partial charge in [0.2, 0.25) is 0 Å². The minimum Gasteiger partial charge on any atom is -0.491 e. The van der Waals surface area contributed by atoms with Gasteiger partial charge in [0.05, 0.1) is 6.10 Å². The Kier molecular flexibility index (Phi) is 7.65. The van der Waals surface area contributed by atoms with Crippen LogP contribution in [0.15, 0.2) is 42.5 Å². The van der Waals surface area contributed by atoms with Gasteiger partial charge >= 0.3 is 0 Å². The average Bonchev–Trinajstić information content (AvgIpc) is 2.57. The molecule has 0 aliphatic heterocycles. The van der Waals surface area contributed by atoms with Crippen molar-refractivity contribution in [1.82, 2.24) is 4.90 Å². The molecule has 0 aromatic heterocycles. The van der Waals surface area contributed by atoms with Crippen molar-refractivity contribution in [2.24, 2.45) is 0 Å². The summed E-state index contributed by atoms with van der Waals surface area (Å²) in [5.41, 5.74) is 3.67. The summed E-state index contributed by atoms with van der Waals surface area (Å²) >= 11 is 0. The number of ether oxygens (including phenoxy) is 1. The van der Waals surface area contributed by atoms with Gasteiger partial charge in [-0.05, 0) is 88.5 Å².